The van der Waals surface area contributed by atoms with Crippen molar-refractivity contribution >= 4 is 5.91 Å². The van der Waals surface area contributed by atoms with Crippen LogP contribution in [-0.4, -0.2) is 42.9 Å². The Kier molecular flexibility index (Phi) is 4.51. The highest BCUT2D eigenvalue weighted by Crippen LogP contribution is 2.30. The Hall–Kier alpha value is -2.24. The molecule has 2 aromatic rings. The van der Waals surface area contributed by atoms with Crippen molar-refractivity contribution in [3.63, 3.8) is 0 Å². The van der Waals surface area contributed by atoms with Gasteiger partial charge in [-0.2, -0.15) is 0 Å². The molecule has 1 unspecified atom stereocenters. The predicted molar refractivity (Wildman–Crippen MR) is 94.7 cm³/mol. The fourth-order valence-corrected chi connectivity index (χ4v) is 4.16. The van der Waals surface area contributed by atoms with Crippen LogP contribution in [0.5, 0.6) is 0 Å². The number of carbonyl (C=O) groups excluding carboxylic acids is 1. The van der Waals surface area contributed by atoms with Gasteiger partial charge in [-0.05, 0) is 18.9 Å². The molecular formula is C19H25N5O. The smallest absolute Gasteiger partial charge is 0.223 e. The molecule has 0 spiro atoms. The molecule has 132 valence electrons. The van der Waals surface area contributed by atoms with Crippen molar-refractivity contribution in [2.45, 2.75) is 58.0 Å². The van der Waals surface area contributed by atoms with E-state index in [9.17, 15) is 4.79 Å². The van der Waals surface area contributed by atoms with Crippen molar-refractivity contribution in [1.29, 1.82) is 0 Å². The summed E-state index contributed by atoms with van der Waals surface area (Å²) in [6, 6.07) is 2.39. The lowest BCUT2D eigenvalue weighted by atomic mass is 10.1. The Bertz CT molecular complexity index is 750. The van der Waals surface area contributed by atoms with Crippen LogP contribution in [0.3, 0.4) is 0 Å². The zero-order chi connectivity index (χ0) is 17.2. The molecule has 1 saturated carbocycles. The van der Waals surface area contributed by atoms with Crippen LogP contribution >= 0.6 is 0 Å². The highest BCUT2D eigenvalue weighted by molar-refractivity contribution is 5.79. The maximum Gasteiger partial charge on any atom is 0.223 e. The molecule has 1 saturated heterocycles. The molecule has 0 bridgehead atoms. The number of aromatic nitrogens is 4. The quantitative estimate of drug-likeness (QED) is 0.840. The van der Waals surface area contributed by atoms with E-state index >= 15 is 0 Å². The number of hydrogen-bond acceptors (Lipinski definition) is 4. The van der Waals surface area contributed by atoms with E-state index in [1.54, 1.807) is 6.20 Å². The summed E-state index contributed by atoms with van der Waals surface area (Å²) in [6.45, 7) is 3.74. The molecule has 1 aliphatic carbocycles. The Labute approximate surface area is 148 Å². The highest BCUT2D eigenvalue weighted by atomic mass is 16.2. The van der Waals surface area contributed by atoms with Gasteiger partial charge in [-0.15, -0.1) is 0 Å². The lowest BCUT2D eigenvalue weighted by Gasteiger charge is -2.24. The fraction of sp³-hybridized carbons (Fsp3) is 0.579. The first-order chi connectivity index (χ1) is 12.2. The largest absolute Gasteiger partial charge is 0.339 e. The van der Waals surface area contributed by atoms with Gasteiger partial charge in [0.2, 0.25) is 5.91 Å². The number of carbonyl (C=O) groups is 1. The Morgan fingerprint density at radius 3 is 2.84 bits per heavy atom. The summed E-state index contributed by atoms with van der Waals surface area (Å²) in [6.07, 6.45) is 11.9. The maximum atomic E-state index is 12.4. The van der Waals surface area contributed by atoms with Crippen molar-refractivity contribution in [2.75, 3.05) is 6.54 Å². The lowest BCUT2D eigenvalue weighted by molar-refractivity contribution is -0.129. The van der Waals surface area contributed by atoms with Crippen LogP contribution < -0.4 is 0 Å². The molecule has 1 amide bonds. The SMILES string of the molecule is CCc1nccc(-c2nccn2CC2CC(=O)N(C3CCCC3)C2)n1. The number of likely N-dealkylation sites (tertiary alicyclic amines) is 1. The molecule has 4 rings (SSSR count). The summed E-state index contributed by atoms with van der Waals surface area (Å²) in [5, 5.41) is 0. The molecule has 0 radical (unpaired) electrons. The first kappa shape index (κ1) is 16.2. The van der Waals surface area contributed by atoms with Gasteiger partial charge >= 0.3 is 0 Å². The fourth-order valence-electron chi connectivity index (χ4n) is 4.16. The minimum absolute atomic E-state index is 0.328. The van der Waals surface area contributed by atoms with Crippen LogP contribution in [-0.2, 0) is 17.8 Å². The van der Waals surface area contributed by atoms with E-state index < -0.39 is 0 Å². The maximum absolute atomic E-state index is 12.4. The van der Waals surface area contributed by atoms with Crippen molar-refractivity contribution in [3.8, 4) is 11.5 Å². The zero-order valence-corrected chi connectivity index (χ0v) is 14.8. The van der Waals surface area contributed by atoms with Gasteiger partial charge in [0, 0.05) is 56.5 Å². The number of amides is 1. The van der Waals surface area contributed by atoms with E-state index in [1.807, 2.05) is 25.4 Å². The van der Waals surface area contributed by atoms with Gasteiger partial charge in [-0.3, -0.25) is 4.79 Å². The molecule has 6 nitrogen and oxygen atoms in total. The Balaban J connectivity index is 1.49. The molecule has 0 aromatic carbocycles. The number of imidazole rings is 1. The normalized spacial score (nSPS) is 21.4. The third kappa shape index (κ3) is 3.30. The van der Waals surface area contributed by atoms with E-state index in [4.69, 9.17) is 0 Å². The summed E-state index contributed by atoms with van der Waals surface area (Å²) in [5.41, 5.74) is 0.855. The third-order valence-electron chi connectivity index (χ3n) is 5.43. The molecule has 0 N–H and O–H groups in total. The minimum Gasteiger partial charge on any atom is -0.339 e. The molecule has 1 atom stereocenters. The summed E-state index contributed by atoms with van der Waals surface area (Å²) in [7, 11) is 0. The van der Waals surface area contributed by atoms with E-state index in [0.29, 0.717) is 24.3 Å². The summed E-state index contributed by atoms with van der Waals surface area (Å²) in [5.74, 6) is 2.38. The first-order valence-corrected chi connectivity index (χ1v) is 9.37. The van der Waals surface area contributed by atoms with Crippen LogP contribution in [0.2, 0.25) is 0 Å². The topological polar surface area (TPSA) is 63.9 Å². The van der Waals surface area contributed by atoms with Crippen LogP contribution in [0.15, 0.2) is 24.7 Å². The van der Waals surface area contributed by atoms with Gasteiger partial charge in [0.05, 0.1) is 0 Å². The van der Waals surface area contributed by atoms with Crippen molar-refractivity contribution in [2.24, 2.45) is 5.92 Å². The third-order valence-corrected chi connectivity index (χ3v) is 5.43. The molecule has 1 aliphatic heterocycles. The second kappa shape index (κ2) is 6.94. The van der Waals surface area contributed by atoms with Gasteiger partial charge in [-0.25, -0.2) is 15.0 Å². The molecule has 6 heteroatoms. The minimum atomic E-state index is 0.328. The van der Waals surface area contributed by atoms with Gasteiger partial charge in [-0.1, -0.05) is 19.8 Å². The van der Waals surface area contributed by atoms with E-state index in [-0.39, 0.29) is 0 Å². The van der Waals surface area contributed by atoms with E-state index in [1.165, 1.54) is 25.7 Å². The summed E-state index contributed by atoms with van der Waals surface area (Å²) in [4.78, 5) is 27.9. The monoisotopic (exact) mass is 339 g/mol. The molecule has 25 heavy (non-hydrogen) atoms. The van der Waals surface area contributed by atoms with E-state index in [0.717, 1.165) is 36.9 Å². The lowest BCUT2D eigenvalue weighted by Crippen LogP contribution is -2.34. The zero-order valence-electron chi connectivity index (χ0n) is 14.8. The van der Waals surface area contributed by atoms with Crippen molar-refractivity contribution in [3.05, 3.63) is 30.5 Å². The van der Waals surface area contributed by atoms with Crippen molar-refractivity contribution < 1.29 is 4.79 Å². The molecule has 2 aliphatic rings. The average Bonchev–Trinajstić information content (AvgIpc) is 3.36. The number of nitrogens with zero attached hydrogens (tertiary/aromatic N) is 5. The Morgan fingerprint density at radius 1 is 1.20 bits per heavy atom. The summed E-state index contributed by atoms with van der Waals surface area (Å²) < 4.78 is 2.14. The summed E-state index contributed by atoms with van der Waals surface area (Å²) >= 11 is 0. The predicted octanol–water partition coefficient (Wildman–Crippen LogP) is 2.69. The second-order valence-electron chi connectivity index (χ2n) is 7.17. The number of rotatable bonds is 5. The number of hydrogen-bond donors (Lipinski definition) is 0. The van der Waals surface area contributed by atoms with Crippen LogP contribution in [0.4, 0.5) is 0 Å². The molecular weight excluding hydrogens is 314 g/mol. The van der Waals surface area contributed by atoms with Gasteiger partial charge in [0.1, 0.15) is 11.5 Å². The molecule has 3 heterocycles. The van der Waals surface area contributed by atoms with Crippen LogP contribution in [0.1, 0.15) is 44.9 Å². The van der Waals surface area contributed by atoms with Gasteiger partial charge in [0.15, 0.2) is 5.82 Å². The van der Waals surface area contributed by atoms with Crippen LogP contribution in [0.25, 0.3) is 11.5 Å². The van der Waals surface area contributed by atoms with E-state index in [2.05, 4.69) is 24.4 Å². The van der Waals surface area contributed by atoms with Gasteiger partial charge in [0.25, 0.3) is 0 Å². The molecule has 2 fully saturated rings. The van der Waals surface area contributed by atoms with Crippen LogP contribution in [0, 0.1) is 5.92 Å². The molecule has 2 aromatic heterocycles. The second-order valence-corrected chi connectivity index (χ2v) is 7.17. The van der Waals surface area contributed by atoms with Crippen molar-refractivity contribution in [1.82, 2.24) is 24.4 Å². The number of aryl methyl sites for hydroxylation is 1. The standard InChI is InChI=1S/C19H25N5O/c1-2-17-20-8-7-16(22-17)19-21-9-10-23(19)12-14-11-18(25)24(13-14)15-5-3-4-6-15/h7-10,14-15H,2-6,11-13H2,1H3. The average molecular weight is 339 g/mol. The first-order valence-electron chi connectivity index (χ1n) is 9.37. The Morgan fingerprint density at radius 2 is 2.04 bits per heavy atom. The highest BCUT2D eigenvalue weighted by Gasteiger charge is 2.35. The van der Waals surface area contributed by atoms with Gasteiger partial charge < -0.3 is 9.47 Å².